The van der Waals surface area contributed by atoms with Crippen LogP contribution < -0.4 is 0 Å². The van der Waals surface area contributed by atoms with E-state index in [1.807, 2.05) is 6.07 Å². The van der Waals surface area contributed by atoms with Crippen molar-refractivity contribution >= 4 is 0 Å². The summed E-state index contributed by atoms with van der Waals surface area (Å²) in [4.78, 5) is 4.31. The molecular weight excluding hydrogens is 340 g/mol. The van der Waals surface area contributed by atoms with Crippen LogP contribution in [-0.4, -0.2) is 19.9 Å². The Bertz CT molecular complexity index is 843. The van der Waals surface area contributed by atoms with E-state index < -0.39 is 0 Å². The van der Waals surface area contributed by atoms with Crippen LogP contribution in [0.1, 0.15) is 71.7 Å². The molecule has 0 saturated heterocycles. The fourth-order valence-corrected chi connectivity index (χ4v) is 3.30. The standard InChI is InChI=1S/C21H30N4O2/c1-19(2,17-8-13-27-24-17)9-10-21(5,6)25-12-7-16(23-25)15-20(3,4)18-22-11-14-26-18/h7-8,11-14H,9-10,15H2,1-6H3. The van der Waals surface area contributed by atoms with Gasteiger partial charge in [-0.1, -0.05) is 32.9 Å². The first-order valence-electron chi connectivity index (χ1n) is 9.46. The van der Waals surface area contributed by atoms with Gasteiger partial charge in [-0.25, -0.2) is 4.98 Å². The zero-order valence-corrected chi connectivity index (χ0v) is 17.2. The van der Waals surface area contributed by atoms with Crippen LogP contribution in [0.25, 0.3) is 0 Å². The average molecular weight is 370 g/mol. The molecule has 0 aliphatic heterocycles. The van der Waals surface area contributed by atoms with Crippen molar-refractivity contribution in [2.45, 2.75) is 77.2 Å². The van der Waals surface area contributed by atoms with Crippen LogP contribution in [0.2, 0.25) is 0 Å². The van der Waals surface area contributed by atoms with Gasteiger partial charge in [-0.2, -0.15) is 5.10 Å². The molecule has 0 fully saturated rings. The summed E-state index contributed by atoms with van der Waals surface area (Å²) < 4.78 is 12.6. The monoisotopic (exact) mass is 370 g/mol. The van der Waals surface area contributed by atoms with E-state index in [4.69, 9.17) is 14.0 Å². The first-order chi connectivity index (χ1) is 12.6. The molecule has 0 bridgehead atoms. The maximum Gasteiger partial charge on any atom is 0.199 e. The van der Waals surface area contributed by atoms with E-state index in [0.717, 1.165) is 36.5 Å². The van der Waals surface area contributed by atoms with Crippen LogP contribution in [0.15, 0.2) is 46.0 Å². The lowest BCUT2D eigenvalue weighted by atomic mass is 9.80. The minimum atomic E-state index is -0.193. The molecule has 27 heavy (non-hydrogen) atoms. The Hall–Kier alpha value is -2.37. The molecule has 0 N–H and O–H groups in total. The number of aromatic nitrogens is 4. The maximum absolute atomic E-state index is 5.50. The van der Waals surface area contributed by atoms with Gasteiger partial charge >= 0.3 is 0 Å². The Balaban J connectivity index is 1.67. The molecule has 0 atom stereocenters. The summed E-state index contributed by atoms with van der Waals surface area (Å²) in [5.41, 5.74) is 1.72. The quantitative estimate of drug-likeness (QED) is 0.565. The predicted molar refractivity (Wildman–Crippen MR) is 104 cm³/mol. The van der Waals surface area contributed by atoms with E-state index in [2.05, 4.69) is 68.6 Å². The van der Waals surface area contributed by atoms with Gasteiger partial charge < -0.3 is 8.94 Å². The minimum absolute atomic E-state index is 0.0345. The lowest BCUT2D eigenvalue weighted by molar-refractivity contribution is 0.253. The van der Waals surface area contributed by atoms with Gasteiger partial charge in [0.15, 0.2) is 5.89 Å². The highest BCUT2D eigenvalue weighted by Crippen LogP contribution is 2.33. The van der Waals surface area contributed by atoms with Crippen LogP contribution >= 0.6 is 0 Å². The van der Waals surface area contributed by atoms with Crippen molar-refractivity contribution in [1.29, 1.82) is 0 Å². The van der Waals surface area contributed by atoms with E-state index in [1.54, 1.807) is 18.7 Å². The molecule has 0 aliphatic rings. The highest BCUT2D eigenvalue weighted by Gasteiger charge is 2.31. The third-order valence-electron chi connectivity index (χ3n) is 5.39. The Kier molecular flexibility index (Phi) is 5.02. The molecule has 0 aliphatic carbocycles. The Morgan fingerprint density at radius 2 is 1.74 bits per heavy atom. The Morgan fingerprint density at radius 3 is 2.37 bits per heavy atom. The number of hydrogen-bond acceptors (Lipinski definition) is 5. The summed E-state index contributed by atoms with van der Waals surface area (Å²) in [6.45, 7) is 13.1. The second kappa shape index (κ2) is 6.98. The molecule has 3 rings (SSSR count). The normalized spacial score (nSPS) is 13.3. The topological polar surface area (TPSA) is 69.9 Å². The molecule has 3 heterocycles. The molecule has 146 valence electrons. The second-order valence-corrected chi connectivity index (χ2v) is 9.23. The summed E-state index contributed by atoms with van der Waals surface area (Å²) in [7, 11) is 0. The smallest absolute Gasteiger partial charge is 0.199 e. The highest BCUT2D eigenvalue weighted by molar-refractivity contribution is 5.12. The van der Waals surface area contributed by atoms with E-state index in [-0.39, 0.29) is 16.4 Å². The first-order valence-corrected chi connectivity index (χ1v) is 9.46. The third kappa shape index (κ3) is 4.31. The second-order valence-electron chi connectivity index (χ2n) is 9.23. The summed E-state index contributed by atoms with van der Waals surface area (Å²) in [5.74, 6) is 0.741. The minimum Gasteiger partial charge on any atom is -0.448 e. The van der Waals surface area contributed by atoms with Crippen molar-refractivity contribution < 1.29 is 8.94 Å². The fraction of sp³-hybridized carbons (Fsp3) is 0.571. The van der Waals surface area contributed by atoms with E-state index in [1.165, 1.54) is 0 Å². The number of nitrogens with zero attached hydrogens (tertiary/aromatic N) is 4. The van der Waals surface area contributed by atoms with Crippen molar-refractivity contribution in [3.8, 4) is 0 Å². The Morgan fingerprint density at radius 1 is 0.963 bits per heavy atom. The van der Waals surface area contributed by atoms with Gasteiger partial charge in [-0.3, -0.25) is 4.68 Å². The fourth-order valence-electron chi connectivity index (χ4n) is 3.30. The zero-order chi connectivity index (χ0) is 19.7. The van der Waals surface area contributed by atoms with Gasteiger partial charge in [0.2, 0.25) is 0 Å². The van der Waals surface area contributed by atoms with Gasteiger partial charge in [-0.05, 0) is 32.8 Å². The third-order valence-corrected chi connectivity index (χ3v) is 5.39. The largest absolute Gasteiger partial charge is 0.448 e. The average Bonchev–Trinajstić information content (AvgIpc) is 3.32. The van der Waals surface area contributed by atoms with Crippen molar-refractivity contribution in [3.63, 3.8) is 0 Å². The summed E-state index contributed by atoms with van der Waals surface area (Å²) in [5, 5.41) is 8.97. The first kappa shape index (κ1) is 19.4. The molecule has 0 spiro atoms. The molecule has 3 aromatic rings. The van der Waals surface area contributed by atoms with Crippen molar-refractivity contribution in [3.05, 3.63) is 54.3 Å². The van der Waals surface area contributed by atoms with Crippen molar-refractivity contribution in [1.82, 2.24) is 19.9 Å². The Labute approximate surface area is 161 Å². The van der Waals surface area contributed by atoms with Gasteiger partial charge in [0.1, 0.15) is 12.5 Å². The van der Waals surface area contributed by atoms with E-state index in [9.17, 15) is 0 Å². The molecule has 3 aromatic heterocycles. The SMILES string of the molecule is CC(C)(CCC(C)(C)n1ccc(CC(C)(C)c2ncco2)n1)c1ccon1. The van der Waals surface area contributed by atoms with Crippen molar-refractivity contribution in [2.75, 3.05) is 0 Å². The predicted octanol–water partition coefficient (Wildman–Crippen LogP) is 4.87. The van der Waals surface area contributed by atoms with Crippen molar-refractivity contribution in [2.24, 2.45) is 0 Å². The van der Waals surface area contributed by atoms with Crippen LogP contribution in [0.4, 0.5) is 0 Å². The lowest BCUT2D eigenvalue weighted by Gasteiger charge is -2.30. The molecule has 6 heteroatoms. The summed E-state index contributed by atoms with van der Waals surface area (Å²) >= 11 is 0. The van der Waals surface area contributed by atoms with Gasteiger partial charge in [0, 0.05) is 29.5 Å². The van der Waals surface area contributed by atoms with E-state index >= 15 is 0 Å². The molecule has 0 unspecified atom stereocenters. The maximum atomic E-state index is 5.50. The summed E-state index contributed by atoms with van der Waals surface area (Å²) in [6.07, 6.45) is 9.77. The molecule has 0 aromatic carbocycles. The molecule has 0 saturated carbocycles. The molecule has 0 amide bonds. The summed E-state index contributed by atoms with van der Waals surface area (Å²) in [6, 6.07) is 4.04. The zero-order valence-electron chi connectivity index (χ0n) is 17.2. The van der Waals surface area contributed by atoms with E-state index in [0.29, 0.717) is 0 Å². The van der Waals surface area contributed by atoms with Gasteiger partial charge in [-0.15, -0.1) is 0 Å². The molecular formula is C21H30N4O2. The highest BCUT2D eigenvalue weighted by atomic mass is 16.5. The molecule has 6 nitrogen and oxygen atoms in total. The van der Waals surface area contributed by atoms with Crippen LogP contribution in [0.3, 0.4) is 0 Å². The van der Waals surface area contributed by atoms with Crippen LogP contribution in [-0.2, 0) is 22.8 Å². The number of rotatable bonds is 8. The van der Waals surface area contributed by atoms with Gasteiger partial charge in [0.25, 0.3) is 0 Å². The molecule has 0 radical (unpaired) electrons. The number of oxazole rings is 1. The number of hydrogen-bond donors (Lipinski definition) is 0. The lowest BCUT2D eigenvalue weighted by Crippen LogP contribution is -2.30. The van der Waals surface area contributed by atoms with Crippen LogP contribution in [0, 0.1) is 0 Å². The van der Waals surface area contributed by atoms with Crippen LogP contribution in [0.5, 0.6) is 0 Å². The van der Waals surface area contributed by atoms with Gasteiger partial charge in [0.05, 0.1) is 23.1 Å².